The highest BCUT2D eigenvalue weighted by Gasteiger charge is 2.23. The van der Waals surface area contributed by atoms with E-state index in [2.05, 4.69) is 187 Å². The van der Waals surface area contributed by atoms with E-state index >= 15 is 0 Å². The van der Waals surface area contributed by atoms with Gasteiger partial charge in [0.25, 0.3) is 0 Å². The summed E-state index contributed by atoms with van der Waals surface area (Å²) in [4.78, 5) is 2.36. The molecule has 0 amide bonds. The lowest BCUT2D eigenvalue weighted by Gasteiger charge is -2.27. The molecule has 0 saturated heterocycles. The molecule has 2 nitrogen and oxygen atoms in total. The molecule has 0 aliphatic heterocycles. The van der Waals surface area contributed by atoms with Crippen molar-refractivity contribution in [3.63, 3.8) is 0 Å². The van der Waals surface area contributed by atoms with Crippen molar-refractivity contribution < 1.29 is 4.42 Å². The van der Waals surface area contributed by atoms with Crippen molar-refractivity contribution in [2.45, 2.75) is 0 Å². The first-order valence-corrected chi connectivity index (χ1v) is 16.3. The number of anilines is 3. The molecule has 9 rings (SSSR count). The Morgan fingerprint density at radius 3 is 1.54 bits per heavy atom. The lowest BCUT2D eigenvalue weighted by Crippen LogP contribution is -2.11. The van der Waals surface area contributed by atoms with Crippen LogP contribution in [-0.2, 0) is 0 Å². The molecule has 1 heterocycles. The summed E-state index contributed by atoms with van der Waals surface area (Å²) in [5, 5.41) is 4.53. The van der Waals surface area contributed by atoms with Crippen molar-refractivity contribution in [1.29, 1.82) is 0 Å². The van der Waals surface area contributed by atoms with E-state index in [4.69, 9.17) is 4.42 Å². The Bertz CT molecular complexity index is 2530. The molecule has 1 aromatic heterocycles. The maximum absolute atomic E-state index is 6.73. The molecule has 0 unspecified atom stereocenters. The number of hydrogen-bond donors (Lipinski definition) is 0. The standard InChI is InChI=1S/C46H31NO/c1-3-12-32(13-4-1)34-22-24-35(25-23-34)36-26-28-39(29-27-36)47(40-18-11-17-37(30-40)33-14-5-2-6-15-33)45-41-19-8-7-16-38(41)31-43-42-20-9-10-21-44(42)48-46(43)45/h1-31H. The fourth-order valence-electron chi connectivity index (χ4n) is 6.87. The maximum atomic E-state index is 6.73. The summed E-state index contributed by atoms with van der Waals surface area (Å²) in [5.41, 5.74) is 12.0. The van der Waals surface area contributed by atoms with Crippen LogP contribution in [0.2, 0.25) is 0 Å². The van der Waals surface area contributed by atoms with Crippen molar-refractivity contribution in [2.24, 2.45) is 0 Å². The minimum absolute atomic E-state index is 0.876. The molecule has 9 aromatic rings. The van der Waals surface area contributed by atoms with Gasteiger partial charge in [-0.2, -0.15) is 0 Å². The number of furan rings is 1. The summed E-state index contributed by atoms with van der Waals surface area (Å²) in [7, 11) is 0. The average molecular weight is 614 g/mol. The first-order valence-electron chi connectivity index (χ1n) is 16.3. The van der Waals surface area contributed by atoms with Crippen LogP contribution in [0.5, 0.6) is 0 Å². The van der Waals surface area contributed by atoms with Crippen LogP contribution in [0.4, 0.5) is 17.1 Å². The molecule has 0 bridgehead atoms. The van der Waals surface area contributed by atoms with E-state index in [-0.39, 0.29) is 0 Å². The van der Waals surface area contributed by atoms with Gasteiger partial charge >= 0.3 is 0 Å². The predicted octanol–water partition coefficient (Wildman–Crippen LogP) is 13.2. The molecule has 0 radical (unpaired) electrons. The van der Waals surface area contributed by atoms with Gasteiger partial charge in [0.2, 0.25) is 0 Å². The van der Waals surface area contributed by atoms with Gasteiger partial charge in [0.15, 0.2) is 5.58 Å². The van der Waals surface area contributed by atoms with Crippen molar-refractivity contribution in [3.8, 4) is 33.4 Å². The highest BCUT2D eigenvalue weighted by molar-refractivity contribution is 6.19. The van der Waals surface area contributed by atoms with Crippen molar-refractivity contribution >= 4 is 49.8 Å². The van der Waals surface area contributed by atoms with Crippen LogP contribution in [-0.4, -0.2) is 0 Å². The molecule has 226 valence electrons. The van der Waals surface area contributed by atoms with Gasteiger partial charge in [-0.15, -0.1) is 0 Å². The lowest BCUT2D eigenvalue weighted by atomic mass is 9.99. The monoisotopic (exact) mass is 613 g/mol. The number of nitrogens with zero attached hydrogens (tertiary/aromatic N) is 1. The molecule has 48 heavy (non-hydrogen) atoms. The molecule has 0 aliphatic carbocycles. The normalized spacial score (nSPS) is 11.3. The van der Waals surface area contributed by atoms with Crippen LogP contribution in [0.15, 0.2) is 192 Å². The summed E-state index contributed by atoms with van der Waals surface area (Å²) >= 11 is 0. The second kappa shape index (κ2) is 11.8. The zero-order valence-corrected chi connectivity index (χ0v) is 26.3. The third kappa shape index (κ3) is 4.92. The summed E-state index contributed by atoms with van der Waals surface area (Å²) < 4.78 is 6.73. The number of hydrogen-bond acceptors (Lipinski definition) is 2. The molecule has 0 fully saturated rings. The Labute approximate surface area is 279 Å². The summed E-state index contributed by atoms with van der Waals surface area (Å²) in [6, 6.07) is 66.8. The highest BCUT2D eigenvalue weighted by atomic mass is 16.3. The van der Waals surface area contributed by atoms with E-state index in [1.54, 1.807) is 0 Å². The maximum Gasteiger partial charge on any atom is 0.160 e. The van der Waals surface area contributed by atoms with Crippen LogP contribution < -0.4 is 4.90 Å². The van der Waals surface area contributed by atoms with Gasteiger partial charge in [-0.05, 0) is 75.2 Å². The van der Waals surface area contributed by atoms with E-state index in [0.717, 1.165) is 50.0 Å². The third-order valence-electron chi connectivity index (χ3n) is 9.25. The van der Waals surface area contributed by atoms with Crippen LogP contribution in [0.3, 0.4) is 0 Å². The van der Waals surface area contributed by atoms with E-state index in [1.807, 2.05) is 6.07 Å². The number of benzene rings is 8. The molecule has 0 N–H and O–H groups in total. The zero-order valence-electron chi connectivity index (χ0n) is 26.3. The fourth-order valence-corrected chi connectivity index (χ4v) is 6.87. The van der Waals surface area contributed by atoms with Gasteiger partial charge < -0.3 is 9.32 Å². The second-order valence-corrected chi connectivity index (χ2v) is 12.2. The first kappa shape index (κ1) is 27.9. The predicted molar refractivity (Wildman–Crippen MR) is 202 cm³/mol. The Hall–Kier alpha value is -6.38. The number of para-hydroxylation sites is 1. The first-order chi connectivity index (χ1) is 23.8. The third-order valence-corrected chi connectivity index (χ3v) is 9.25. The quantitative estimate of drug-likeness (QED) is 0.185. The number of fused-ring (bicyclic) bond motifs is 4. The van der Waals surface area contributed by atoms with E-state index in [1.165, 1.54) is 33.2 Å². The van der Waals surface area contributed by atoms with Gasteiger partial charge in [0.05, 0.1) is 5.69 Å². The molecule has 0 saturated carbocycles. The molecule has 2 heteroatoms. The van der Waals surface area contributed by atoms with Crippen molar-refractivity contribution in [2.75, 3.05) is 4.90 Å². The smallest absolute Gasteiger partial charge is 0.160 e. The molecule has 0 aliphatic rings. The molecular weight excluding hydrogens is 583 g/mol. The van der Waals surface area contributed by atoms with Crippen LogP contribution >= 0.6 is 0 Å². The Balaban J connectivity index is 1.23. The van der Waals surface area contributed by atoms with Gasteiger partial charge in [-0.25, -0.2) is 0 Å². The zero-order chi connectivity index (χ0) is 31.9. The molecule has 0 spiro atoms. The Kier molecular flexibility index (Phi) is 6.84. The van der Waals surface area contributed by atoms with Crippen LogP contribution in [0.25, 0.3) is 66.1 Å². The summed E-state index contributed by atoms with van der Waals surface area (Å²) in [6.45, 7) is 0. The largest absolute Gasteiger partial charge is 0.454 e. The average Bonchev–Trinajstić information content (AvgIpc) is 3.54. The topological polar surface area (TPSA) is 16.4 Å². The van der Waals surface area contributed by atoms with E-state index < -0.39 is 0 Å². The Morgan fingerprint density at radius 1 is 0.333 bits per heavy atom. The van der Waals surface area contributed by atoms with Crippen LogP contribution in [0.1, 0.15) is 0 Å². The van der Waals surface area contributed by atoms with Crippen molar-refractivity contribution in [3.05, 3.63) is 188 Å². The highest BCUT2D eigenvalue weighted by Crippen LogP contribution is 2.47. The summed E-state index contributed by atoms with van der Waals surface area (Å²) in [5.74, 6) is 0. The minimum Gasteiger partial charge on any atom is -0.454 e. The SMILES string of the molecule is c1ccc(-c2ccc(-c3ccc(N(c4cccc(-c5ccccc5)c4)c4c5ccccc5cc5c4oc4ccccc45)cc3)cc2)cc1. The molecular formula is C46H31NO. The van der Waals surface area contributed by atoms with Crippen LogP contribution in [0, 0.1) is 0 Å². The van der Waals surface area contributed by atoms with Gasteiger partial charge in [0, 0.05) is 27.5 Å². The molecule has 0 atom stereocenters. The van der Waals surface area contributed by atoms with Crippen molar-refractivity contribution in [1.82, 2.24) is 0 Å². The Morgan fingerprint density at radius 2 is 0.854 bits per heavy atom. The number of rotatable bonds is 6. The summed E-state index contributed by atoms with van der Waals surface area (Å²) in [6.07, 6.45) is 0. The minimum atomic E-state index is 0.876. The molecule has 8 aromatic carbocycles. The van der Waals surface area contributed by atoms with Gasteiger partial charge in [-0.3, -0.25) is 0 Å². The van der Waals surface area contributed by atoms with Gasteiger partial charge in [-0.1, -0.05) is 152 Å². The van der Waals surface area contributed by atoms with Gasteiger partial charge in [0.1, 0.15) is 5.58 Å². The fraction of sp³-hybridized carbons (Fsp3) is 0. The van der Waals surface area contributed by atoms with E-state index in [0.29, 0.717) is 0 Å². The second-order valence-electron chi connectivity index (χ2n) is 12.2. The van der Waals surface area contributed by atoms with E-state index in [9.17, 15) is 0 Å². The lowest BCUT2D eigenvalue weighted by molar-refractivity contribution is 0.669.